The van der Waals surface area contributed by atoms with Crippen LogP contribution in [-0.4, -0.2) is 99.5 Å². The fraction of sp³-hybridized carbons (Fsp3) is 0.962. The molecule has 13 nitrogen and oxygen atoms in total. The number of amides is 1. The topological polar surface area (TPSA) is 236 Å². The van der Waals surface area contributed by atoms with Crippen molar-refractivity contribution in [2.24, 2.45) is 92.7 Å². The van der Waals surface area contributed by atoms with E-state index in [1.807, 2.05) is 0 Å². The molecule has 0 saturated heterocycles. The summed E-state index contributed by atoms with van der Waals surface area (Å²) >= 11 is 0. The molecule has 68 heavy (non-hydrogen) atoms. The summed E-state index contributed by atoms with van der Waals surface area (Å²) in [6.07, 6.45) is 14.9. The van der Waals surface area contributed by atoms with Gasteiger partial charge in [0.25, 0.3) is 20.2 Å². The van der Waals surface area contributed by atoms with Crippen LogP contribution < -0.4 is 5.32 Å². The lowest BCUT2D eigenvalue weighted by Crippen LogP contribution is -2.67. The lowest BCUT2D eigenvalue weighted by molar-refractivity contribution is -0.260. The Labute approximate surface area is 408 Å². The summed E-state index contributed by atoms with van der Waals surface area (Å²) in [5.74, 6) is 2.41. The van der Waals surface area contributed by atoms with Crippen molar-refractivity contribution in [2.75, 3.05) is 18.1 Å². The molecule has 1 amide bonds. The van der Waals surface area contributed by atoms with Crippen LogP contribution in [0, 0.1) is 92.7 Å². The second-order valence-electron chi connectivity index (χ2n) is 26.1. The SMILES string of the molecule is C[C@@H](CCC(=O)NCCS(=O)(=O)O)[C@H]1CC[C@@H]2[C@H]3[C@H](O)CC4CC(O)(C5(O)CC[C@@]6(C)C(C[C@H](O)[C@H]7[C@@H]8CC[C@H]([C@@H](C)CCC(=O)CCCS(=O)(=O)O)[C@@]8(C)CC[C@@H]76)C5)CC[C@@]4(C)[C@@H]3CC[C@]21C. The number of carbonyl (C=O) groups is 2. The van der Waals surface area contributed by atoms with Gasteiger partial charge in [-0.3, -0.25) is 18.7 Å². The van der Waals surface area contributed by atoms with Gasteiger partial charge in [-0.1, -0.05) is 41.5 Å². The number of aliphatic hydroxyl groups excluding tert-OH is 2. The van der Waals surface area contributed by atoms with E-state index in [1.165, 1.54) is 0 Å². The fourth-order valence-corrected chi connectivity index (χ4v) is 20.2. The molecule has 0 spiro atoms. The van der Waals surface area contributed by atoms with E-state index in [1.54, 1.807) is 0 Å². The average molecular weight is 996 g/mol. The number of rotatable bonds is 16. The van der Waals surface area contributed by atoms with Gasteiger partial charge in [0.15, 0.2) is 0 Å². The Morgan fingerprint density at radius 1 is 0.574 bits per heavy atom. The molecule has 0 aromatic rings. The van der Waals surface area contributed by atoms with E-state index >= 15 is 0 Å². The molecule has 0 bridgehead atoms. The number of aliphatic hydroxyl groups is 4. The van der Waals surface area contributed by atoms with Crippen LogP contribution in [0.5, 0.6) is 0 Å². The molecular formula is C53H89NO12S2. The van der Waals surface area contributed by atoms with E-state index in [2.05, 4.69) is 46.9 Å². The Bertz CT molecular complexity index is 1960. The Morgan fingerprint density at radius 3 is 1.44 bits per heavy atom. The van der Waals surface area contributed by atoms with Crippen molar-refractivity contribution < 1.29 is 56.0 Å². The van der Waals surface area contributed by atoms with E-state index < -0.39 is 49.4 Å². The summed E-state index contributed by atoms with van der Waals surface area (Å²) in [6, 6.07) is 0. The minimum Gasteiger partial charge on any atom is -0.393 e. The zero-order valence-electron chi connectivity index (χ0n) is 42.2. The summed E-state index contributed by atoms with van der Waals surface area (Å²) in [5, 5.41) is 52.9. The number of hydrogen-bond donors (Lipinski definition) is 7. The molecule has 0 radical (unpaired) electrons. The van der Waals surface area contributed by atoms with Gasteiger partial charge in [-0.05, 0) is 215 Å². The minimum atomic E-state index is -4.13. The number of fused-ring (bicyclic) bond motifs is 10. The van der Waals surface area contributed by atoms with E-state index in [0.717, 1.165) is 70.6 Å². The molecule has 390 valence electrons. The molecular weight excluding hydrogens is 907 g/mol. The van der Waals surface area contributed by atoms with Crippen molar-refractivity contribution in [3.63, 3.8) is 0 Å². The van der Waals surface area contributed by atoms with Crippen LogP contribution in [0.15, 0.2) is 0 Å². The first-order chi connectivity index (χ1) is 31.6. The molecule has 0 aromatic heterocycles. The third kappa shape index (κ3) is 9.60. The zero-order valence-corrected chi connectivity index (χ0v) is 43.8. The van der Waals surface area contributed by atoms with Crippen molar-refractivity contribution >= 4 is 31.9 Å². The quantitative estimate of drug-likeness (QED) is 0.0735. The van der Waals surface area contributed by atoms with Crippen molar-refractivity contribution in [2.45, 2.75) is 206 Å². The van der Waals surface area contributed by atoms with Gasteiger partial charge in [-0.25, -0.2) is 0 Å². The summed E-state index contributed by atoms with van der Waals surface area (Å²) in [6.45, 7) is 14.1. The van der Waals surface area contributed by atoms with Gasteiger partial charge in [0.2, 0.25) is 5.91 Å². The molecule has 0 aliphatic heterocycles. The zero-order chi connectivity index (χ0) is 49.6. The Morgan fingerprint density at radius 2 is 1.00 bits per heavy atom. The second-order valence-corrected chi connectivity index (χ2v) is 29.3. The van der Waals surface area contributed by atoms with Gasteiger partial charge in [-0.2, -0.15) is 16.8 Å². The second kappa shape index (κ2) is 18.9. The van der Waals surface area contributed by atoms with Crippen molar-refractivity contribution in [3.05, 3.63) is 0 Å². The van der Waals surface area contributed by atoms with Crippen LogP contribution in [0.1, 0.15) is 183 Å². The molecule has 8 aliphatic carbocycles. The fourth-order valence-electron chi connectivity index (χ4n) is 19.4. The molecule has 8 aliphatic rings. The highest BCUT2D eigenvalue weighted by Crippen LogP contribution is 2.72. The van der Waals surface area contributed by atoms with Gasteiger partial charge in [0.05, 0.1) is 34.9 Å². The van der Waals surface area contributed by atoms with E-state index in [4.69, 9.17) is 9.11 Å². The molecule has 0 heterocycles. The predicted octanol–water partition coefficient (Wildman–Crippen LogP) is 7.78. The molecule has 8 fully saturated rings. The highest BCUT2D eigenvalue weighted by molar-refractivity contribution is 7.86. The average Bonchev–Trinajstić information content (AvgIpc) is 3.79. The minimum absolute atomic E-state index is 0.0433. The summed E-state index contributed by atoms with van der Waals surface area (Å²) in [7, 11) is -8.20. The lowest BCUT2D eigenvalue weighted by Gasteiger charge is -2.67. The monoisotopic (exact) mass is 996 g/mol. The summed E-state index contributed by atoms with van der Waals surface area (Å²) in [5.41, 5.74) is -2.52. The van der Waals surface area contributed by atoms with Crippen molar-refractivity contribution in [3.8, 4) is 0 Å². The standard InChI is InChI=1S/C53H89NO12S2/c1-32(9-11-36(55)8-7-26-67(61,62)63)37-12-14-39-46-41(17-19-50(37,39)5)48(3)21-23-52(59,30-34(48)28-43(46)56)53(60)24-22-49(4)35(31-53)29-44(57)47-40-15-13-38(51(40,6)20-18-42(47)49)33(2)10-16-45(58)54-25-27-68(64,65)66/h32-35,37-44,46-47,56-57,59-60H,7-31H2,1-6H3,(H,54,58)(H,61,62,63)(H,64,65,66)/t32-,33-,34?,35?,37+,38+,39-,40+,41-,42+,43-,44+,46-,47+,48-,49+,50+,51-,52?,53?/m0/s1. The molecule has 4 unspecified atom stereocenters. The number of carbonyl (C=O) groups excluding carboxylic acids is 2. The maximum atomic E-state index is 12.9. The third-order valence-electron chi connectivity index (χ3n) is 23.1. The van der Waals surface area contributed by atoms with Crippen molar-refractivity contribution in [1.29, 1.82) is 0 Å². The first-order valence-corrected chi connectivity index (χ1v) is 30.3. The van der Waals surface area contributed by atoms with Crippen molar-refractivity contribution in [1.82, 2.24) is 5.32 Å². The van der Waals surface area contributed by atoms with Gasteiger partial charge >= 0.3 is 0 Å². The van der Waals surface area contributed by atoms with Crippen LogP contribution in [0.2, 0.25) is 0 Å². The van der Waals surface area contributed by atoms with Crippen LogP contribution >= 0.6 is 0 Å². The largest absolute Gasteiger partial charge is 0.393 e. The first-order valence-electron chi connectivity index (χ1n) is 27.1. The number of nitrogens with one attached hydrogen (secondary N) is 1. The maximum absolute atomic E-state index is 12.9. The molecule has 8 rings (SSSR count). The third-order valence-corrected chi connectivity index (χ3v) is 24.6. The van der Waals surface area contributed by atoms with Crippen LogP contribution in [-0.2, 0) is 29.8 Å². The predicted molar refractivity (Wildman–Crippen MR) is 260 cm³/mol. The Hall–Kier alpha value is -1.20. The highest BCUT2D eigenvalue weighted by Gasteiger charge is 2.69. The lowest BCUT2D eigenvalue weighted by atomic mass is 9.40. The molecule has 8 saturated carbocycles. The smallest absolute Gasteiger partial charge is 0.266 e. The molecule has 20 atom stereocenters. The van der Waals surface area contributed by atoms with E-state index in [-0.39, 0.29) is 88.1 Å². The molecule has 0 aromatic carbocycles. The highest BCUT2D eigenvalue weighted by atomic mass is 32.2. The number of ketones is 1. The van der Waals surface area contributed by atoms with E-state index in [0.29, 0.717) is 99.2 Å². The first kappa shape index (κ1) is 53.1. The summed E-state index contributed by atoms with van der Waals surface area (Å²) < 4.78 is 62.5. The number of hydrogen-bond acceptors (Lipinski definition) is 10. The molecule has 7 N–H and O–H groups in total. The van der Waals surface area contributed by atoms with E-state index in [9.17, 15) is 46.9 Å². The van der Waals surface area contributed by atoms with Gasteiger partial charge < -0.3 is 25.7 Å². The van der Waals surface area contributed by atoms with Gasteiger partial charge in [-0.15, -0.1) is 0 Å². The van der Waals surface area contributed by atoms with Gasteiger partial charge in [0, 0.05) is 25.8 Å². The maximum Gasteiger partial charge on any atom is 0.266 e. The molecule has 15 heteroatoms. The summed E-state index contributed by atoms with van der Waals surface area (Å²) in [4.78, 5) is 25.2. The Balaban J connectivity index is 0.882. The normalized spacial score (nSPS) is 47.6. The van der Waals surface area contributed by atoms with Crippen LogP contribution in [0.3, 0.4) is 0 Å². The van der Waals surface area contributed by atoms with Crippen LogP contribution in [0.4, 0.5) is 0 Å². The van der Waals surface area contributed by atoms with Gasteiger partial charge in [0.1, 0.15) is 5.78 Å². The number of Topliss-reactive ketones (excluding diaryl/α,β-unsaturated/α-hetero) is 1. The van der Waals surface area contributed by atoms with Crippen LogP contribution in [0.25, 0.3) is 0 Å². The Kier molecular flexibility index (Phi) is 14.8.